The summed E-state index contributed by atoms with van der Waals surface area (Å²) in [6, 6.07) is 16.5. The Labute approximate surface area is 148 Å². The van der Waals surface area contributed by atoms with E-state index in [0.717, 1.165) is 17.5 Å². The van der Waals surface area contributed by atoms with Gasteiger partial charge in [-0.15, -0.1) is 0 Å². The van der Waals surface area contributed by atoms with Crippen LogP contribution in [0.15, 0.2) is 54.6 Å². The van der Waals surface area contributed by atoms with Crippen LogP contribution in [-0.4, -0.2) is 25.0 Å². The van der Waals surface area contributed by atoms with Crippen molar-refractivity contribution < 1.29 is 14.3 Å². The van der Waals surface area contributed by atoms with Gasteiger partial charge in [0.05, 0.1) is 7.11 Å². The van der Waals surface area contributed by atoms with Gasteiger partial charge < -0.3 is 15.8 Å². The minimum Gasteiger partial charge on any atom is -0.497 e. The highest BCUT2D eigenvalue weighted by Crippen LogP contribution is 2.14. The van der Waals surface area contributed by atoms with Crippen molar-refractivity contribution in [3.05, 3.63) is 72.1 Å². The highest BCUT2D eigenvalue weighted by atomic mass is 16.5. The van der Waals surface area contributed by atoms with E-state index in [-0.39, 0.29) is 5.91 Å². The topological polar surface area (TPSA) is 81.4 Å². The Hall–Kier alpha value is -2.82. The molecule has 1 atom stereocenters. The number of nitrogens with two attached hydrogens (primary N) is 1. The second-order valence-corrected chi connectivity index (χ2v) is 5.75. The lowest BCUT2D eigenvalue weighted by molar-refractivity contribution is -0.125. The summed E-state index contributed by atoms with van der Waals surface area (Å²) < 4.78 is 5.16. The molecule has 2 amide bonds. The zero-order valence-electron chi connectivity index (χ0n) is 14.3. The molecule has 0 saturated carbocycles. The number of ether oxygens (including phenoxy) is 1. The average molecular weight is 339 g/mol. The van der Waals surface area contributed by atoms with Crippen molar-refractivity contribution in [1.82, 2.24) is 5.32 Å². The van der Waals surface area contributed by atoms with Crippen LogP contribution in [-0.2, 0) is 22.4 Å². The number of methoxy groups -OCH3 is 1. The van der Waals surface area contributed by atoms with Crippen LogP contribution in [0.4, 0.5) is 0 Å². The quantitative estimate of drug-likeness (QED) is 0.733. The molecule has 2 rings (SSSR count). The molecule has 131 valence electrons. The molecule has 0 heterocycles. The first-order valence-corrected chi connectivity index (χ1v) is 8.18. The smallest absolute Gasteiger partial charge is 0.240 e. The molecule has 2 aromatic rings. The van der Waals surface area contributed by atoms with Crippen LogP contribution in [0.2, 0.25) is 0 Å². The maximum atomic E-state index is 12.1. The summed E-state index contributed by atoms with van der Waals surface area (Å²) >= 11 is 0. The molecule has 0 unspecified atom stereocenters. The summed E-state index contributed by atoms with van der Waals surface area (Å²) in [5.41, 5.74) is 7.45. The van der Waals surface area contributed by atoms with Gasteiger partial charge in [-0.1, -0.05) is 42.5 Å². The molecule has 5 heteroatoms. The van der Waals surface area contributed by atoms with Gasteiger partial charge in [-0.25, -0.2) is 0 Å². The molecule has 0 saturated heterocycles. The normalized spacial score (nSPS) is 11.6. The van der Waals surface area contributed by atoms with E-state index in [1.54, 1.807) is 13.5 Å². The number of benzene rings is 2. The fourth-order valence-corrected chi connectivity index (χ4v) is 2.50. The van der Waals surface area contributed by atoms with Gasteiger partial charge in [0.25, 0.3) is 0 Å². The fourth-order valence-electron chi connectivity index (χ4n) is 2.50. The number of amides is 2. The Kier molecular flexibility index (Phi) is 7.01. The van der Waals surface area contributed by atoms with Crippen LogP contribution >= 0.6 is 0 Å². The van der Waals surface area contributed by atoms with Crippen molar-refractivity contribution in [1.29, 1.82) is 0 Å². The summed E-state index contributed by atoms with van der Waals surface area (Å²) in [5.74, 6) is -0.156. The lowest BCUT2D eigenvalue weighted by Crippen LogP contribution is -2.46. The molecule has 5 nitrogen and oxygen atoms in total. The van der Waals surface area contributed by atoms with Gasteiger partial charge in [0.1, 0.15) is 11.8 Å². The van der Waals surface area contributed by atoms with Gasteiger partial charge in [0.2, 0.25) is 11.8 Å². The minimum absolute atomic E-state index is 0.289. The van der Waals surface area contributed by atoms with E-state index in [0.29, 0.717) is 18.6 Å². The number of nitrogens with one attached hydrogen (secondary N) is 1. The van der Waals surface area contributed by atoms with Crippen molar-refractivity contribution in [3.8, 4) is 5.75 Å². The molecule has 0 aliphatic carbocycles. The maximum absolute atomic E-state index is 12.1. The molecule has 0 aliphatic rings. The summed E-state index contributed by atoms with van der Waals surface area (Å²) in [4.78, 5) is 23.7. The van der Waals surface area contributed by atoms with Crippen molar-refractivity contribution >= 4 is 11.8 Å². The maximum Gasteiger partial charge on any atom is 0.240 e. The largest absolute Gasteiger partial charge is 0.497 e. The number of carbonyl (C=O) groups is 2. The molecule has 0 aromatic heterocycles. The standard InChI is InChI=1S/C20H23N2O3/c1-25-17-11-5-10-16(13-17)14-18(20(21)24)22-19(23)12-6-9-15-7-3-2-4-8-15/h2-5,7-8,10-13,18H,6,9,14H2,1H3,(H2,21,24)(H,22,23)/t18-/m0/s1. The van der Waals surface area contributed by atoms with Crippen molar-refractivity contribution in [3.63, 3.8) is 0 Å². The number of rotatable bonds is 9. The third-order valence-corrected chi connectivity index (χ3v) is 3.84. The summed E-state index contributed by atoms with van der Waals surface area (Å²) in [5, 5.41) is 2.68. The van der Waals surface area contributed by atoms with E-state index in [4.69, 9.17) is 10.5 Å². The van der Waals surface area contributed by atoms with E-state index in [2.05, 4.69) is 5.32 Å². The molecule has 0 bridgehead atoms. The SMILES string of the molecule is COc1cccc(C[C@H](NC(=O)[CH]CCc2ccccc2)C(N)=O)c1. The van der Waals surface area contributed by atoms with Crippen LogP contribution < -0.4 is 15.8 Å². The summed E-state index contributed by atoms with van der Waals surface area (Å²) in [7, 11) is 1.58. The summed E-state index contributed by atoms with van der Waals surface area (Å²) in [6.45, 7) is 0. The second kappa shape index (κ2) is 9.47. The second-order valence-electron chi connectivity index (χ2n) is 5.75. The highest BCUT2D eigenvalue weighted by Gasteiger charge is 2.18. The van der Waals surface area contributed by atoms with Gasteiger partial charge in [0, 0.05) is 12.8 Å². The molecule has 2 aromatic carbocycles. The Morgan fingerprint density at radius 1 is 1.12 bits per heavy atom. The Morgan fingerprint density at radius 3 is 2.52 bits per heavy atom. The number of hydrogen-bond acceptors (Lipinski definition) is 3. The van der Waals surface area contributed by atoms with Gasteiger partial charge >= 0.3 is 0 Å². The minimum atomic E-state index is -0.757. The molecule has 25 heavy (non-hydrogen) atoms. The Balaban J connectivity index is 1.85. The zero-order valence-corrected chi connectivity index (χ0v) is 14.3. The Morgan fingerprint density at radius 2 is 1.84 bits per heavy atom. The van der Waals surface area contributed by atoms with E-state index < -0.39 is 11.9 Å². The molecule has 3 N–H and O–H groups in total. The summed E-state index contributed by atoms with van der Waals surface area (Å²) in [6.07, 6.45) is 3.24. The molecular formula is C20H23N2O3. The number of aryl methyl sites for hydroxylation is 1. The molecular weight excluding hydrogens is 316 g/mol. The van der Waals surface area contributed by atoms with E-state index in [9.17, 15) is 9.59 Å². The first-order valence-electron chi connectivity index (χ1n) is 8.18. The monoisotopic (exact) mass is 339 g/mol. The predicted molar refractivity (Wildman–Crippen MR) is 96.9 cm³/mol. The number of primary amides is 1. The highest BCUT2D eigenvalue weighted by molar-refractivity contribution is 5.90. The van der Waals surface area contributed by atoms with E-state index >= 15 is 0 Å². The van der Waals surface area contributed by atoms with E-state index in [1.165, 1.54) is 0 Å². The van der Waals surface area contributed by atoms with Crippen LogP contribution in [0, 0.1) is 6.42 Å². The van der Waals surface area contributed by atoms with Gasteiger partial charge in [0.15, 0.2) is 0 Å². The third-order valence-electron chi connectivity index (χ3n) is 3.84. The zero-order chi connectivity index (χ0) is 18.1. The molecule has 1 radical (unpaired) electrons. The fraction of sp³-hybridized carbons (Fsp3) is 0.250. The van der Waals surface area contributed by atoms with E-state index in [1.807, 2.05) is 54.6 Å². The first-order chi connectivity index (χ1) is 12.1. The van der Waals surface area contributed by atoms with Crippen molar-refractivity contribution in [2.45, 2.75) is 25.3 Å². The van der Waals surface area contributed by atoms with Crippen molar-refractivity contribution in [2.24, 2.45) is 5.73 Å². The van der Waals surface area contributed by atoms with Crippen LogP contribution in [0.1, 0.15) is 17.5 Å². The molecule has 0 spiro atoms. The predicted octanol–water partition coefficient (Wildman–Crippen LogP) is 2.04. The Bertz CT molecular complexity index is 701. The van der Waals surface area contributed by atoms with Gasteiger partial charge in [-0.3, -0.25) is 9.59 Å². The lowest BCUT2D eigenvalue weighted by atomic mass is 10.0. The first kappa shape index (κ1) is 18.5. The molecule has 0 aliphatic heterocycles. The lowest BCUT2D eigenvalue weighted by Gasteiger charge is -2.16. The van der Waals surface area contributed by atoms with Gasteiger partial charge in [-0.2, -0.15) is 0 Å². The van der Waals surface area contributed by atoms with Gasteiger partial charge in [-0.05, 0) is 36.1 Å². The number of hydrogen-bond donors (Lipinski definition) is 2. The number of carbonyl (C=O) groups excluding carboxylic acids is 2. The third kappa shape index (κ3) is 6.30. The van der Waals surface area contributed by atoms with Crippen LogP contribution in [0.3, 0.4) is 0 Å². The average Bonchev–Trinajstić information content (AvgIpc) is 2.62. The van der Waals surface area contributed by atoms with Crippen LogP contribution in [0.25, 0.3) is 0 Å². The molecule has 0 fully saturated rings. The van der Waals surface area contributed by atoms with Crippen LogP contribution in [0.5, 0.6) is 5.75 Å². The van der Waals surface area contributed by atoms with Crippen molar-refractivity contribution in [2.75, 3.05) is 7.11 Å².